The summed E-state index contributed by atoms with van der Waals surface area (Å²) in [5, 5.41) is 3.48. The zero-order valence-electron chi connectivity index (χ0n) is 15.9. The SMILES string of the molecule is COC(=O)c1cc(NC(=O)C2CCN(Cc3ccc(Cl)cc3F)CC2)ccc1Cl. The minimum absolute atomic E-state index is 0.111. The van der Waals surface area contributed by atoms with Crippen molar-refractivity contribution in [2.75, 3.05) is 25.5 Å². The van der Waals surface area contributed by atoms with Crippen molar-refractivity contribution in [2.24, 2.45) is 5.92 Å². The van der Waals surface area contributed by atoms with Crippen LogP contribution in [0.3, 0.4) is 0 Å². The van der Waals surface area contributed by atoms with Gasteiger partial charge in [-0.3, -0.25) is 9.69 Å². The van der Waals surface area contributed by atoms with Crippen LogP contribution in [0.2, 0.25) is 10.0 Å². The molecule has 29 heavy (non-hydrogen) atoms. The summed E-state index contributed by atoms with van der Waals surface area (Å²) >= 11 is 11.8. The van der Waals surface area contributed by atoms with E-state index in [1.165, 1.54) is 19.2 Å². The van der Waals surface area contributed by atoms with Crippen molar-refractivity contribution in [2.45, 2.75) is 19.4 Å². The third-order valence-corrected chi connectivity index (χ3v) is 5.57. The van der Waals surface area contributed by atoms with Crippen LogP contribution in [-0.2, 0) is 16.1 Å². The van der Waals surface area contributed by atoms with Gasteiger partial charge < -0.3 is 10.1 Å². The highest BCUT2D eigenvalue weighted by Gasteiger charge is 2.26. The normalized spacial score (nSPS) is 15.2. The predicted molar refractivity (Wildman–Crippen MR) is 111 cm³/mol. The molecule has 5 nitrogen and oxygen atoms in total. The largest absolute Gasteiger partial charge is 0.465 e. The molecular weight excluding hydrogens is 418 g/mol. The van der Waals surface area contributed by atoms with Gasteiger partial charge in [0.25, 0.3) is 0 Å². The van der Waals surface area contributed by atoms with Gasteiger partial charge in [-0.15, -0.1) is 0 Å². The van der Waals surface area contributed by atoms with Crippen molar-refractivity contribution in [3.05, 3.63) is 63.4 Å². The number of methoxy groups -OCH3 is 1. The number of amides is 1. The molecule has 8 heteroatoms. The Hall–Kier alpha value is -2.15. The smallest absolute Gasteiger partial charge is 0.339 e. The van der Waals surface area contributed by atoms with E-state index in [9.17, 15) is 14.0 Å². The van der Waals surface area contributed by atoms with E-state index in [1.54, 1.807) is 24.3 Å². The van der Waals surface area contributed by atoms with Crippen molar-refractivity contribution in [1.82, 2.24) is 4.90 Å². The molecule has 0 spiro atoms. The Morgan fingerprint density at radius 3 is 2.55 bits per heavy atom. The highest BCUT2D eigenvalue weighted by atomic mass is 35.5. The van der Waals surface area contributed by atoms with Crippen molar-refractivity contribution < 1.29 is 18.7 Å². The lowest BCUT2D eigenvalue weighted by Crippen LogP contribution is -2.37. The Morgan fingerprint density at radius 2 is 1.90 bits per heavy atom. The molecule has 0 unspecified atom stereocenters. The minimum Gasteiger partial charge on any atom is -0.465 e. The van der Waals surface area contributed by atoms with E-state index in [4.69, 9.17) is 27.9 Å². The average Bonchev–Trinajstić information content (AvgIpc) is 2.71. The third kappa shape index (κ3) is 5.47. The van der Waals surface area contributed by atoms with Gasteiger partial charge in [0.1, 0.15) is 5.82 Å². The molecule has 0 radical (unpaired) electrons. The summed E-state index contributed by atoms with van der Waals surface area (Å²) in [6.07, 6.45) is 1.33. The lowest BCUT2D eigenvalue weighted by Gasteiger charge is -2.31. The van der Waals surface area contributed by atoms with Gasteiger partial charge in [-0.2, -0.15) is 0 Å². The number of nitrogens with zero attached hydrogens (tertiary/aromatic N) is 1. The number of halogens is 3. The van der Waals surface area contributed by atoms with Gasteiger partial charge in [0.15, 0.2) is 0 Å². The number of hydrogen-bond acceptors (Lipinski definition) is 4. The zero-order chi connectivity index (χ0) is 21.0. The summed E-state index contributed by atoms with van der Waals surface area (Å²) in [7, 11) is 1.27. The molecule has 0 aliphatic carbocycles. The van der Waals surface area contributed by atoms with Crippen molar-refractivity contribution in [1.29, 1.82) is 0 Å². The molecule has 0 bridgehead atoms. The van der Waals surface area contributed by atoms with Crippen molar-refractivity contribution in [3.8, 4) is 0 Å². The lowest BCUT2D eigenvalue weighted by molar-refractivity contribution is -0.121. The quantitative estimate of drug-likeness (QED) is 0.682. The van der Waals surface area contributed by atoms with Crippen LogP contribution in [0.1, 0.15) is 28.8 Å². The molecule has 1 fully saturated rings. The van der Waals surface area contributed by atoms with Gasteiger partial charge in [0.2, 0.25) is 5.91 Å². The molecule has 1 amide bonds. The summed E-state index contributed by atoms with van der Waals surface area (Å²) in [6.45, 7) is 1.86. The van der Waals surface area contributed by atoms with E-state index in [0.717, 1.165) is 0 Å². The number of likely N-dealkylation sites (tertiary alicyclic amines) is 1. The number of hydrogen-bond donors (Lipinski definition) is 1. The fraction of sp³-hybridized carbons (Fsp3) is 0.333. The second-order valence-electron chi connectivity index (χ2n) is 6.96. The number of ether oxygens (including phenoxy) is 1. The van der Waals surface area contributed by atoms with Gasteiger partial charge in [0, 0.05) is 28.7 Å². The van der Waals surface area contributed by atoms with Crippen LogP contribution < -0.4 is 5.32 Å². The van der Waals surface area contributed by atoms with Gasteiger partial charge >= 0.3 is 5.97 Å². The molecule has 1 heterocycles. The number of carbonyl (C=O) groups is 2. The topological polar surface area (TPSA) is 58.6 Å². The molecule has 1 saturated heterocycles. The Bertz CT molecular complexity index is 915. The van der Waals surface area contributed by atoms with Gasteiger partial charge in [-0.25, -0.2) is 9.18 Å². The number of anilines is 1. The van der Waals surface area contributed by atoms with E-state index in [1.807, 2.05) is 0 Å². The van der Waals surface area contributed by atoms with Gasteiger partial charge in [-0.1, -0.05) is 29.3 Å². The summed E-state index contributed by atoms with van der Waals surface area (Å²) in [4.78, 5) is 26.5. The van der Waals surface area contributed by atoms with Crippen LogP contribution in [-0.4, -0.2) is 37.0 Å². The van der Waals surface area contributed by atoms with E-state index < -0.39 is 5.97 Å². The molecule has 0 aromatic heterocycles. The third-order valence-electron chi connectivity index (χ3n) is 5.01. The maximum Gasteiger partial charge on any atom is 0.339 e. The van der Waals surface area contributed by atoms with Gasteiger partial charge in [0.05, 0.1) is 17.7 Å². The maximum atomic E-state index is 14.0. The monoisotopic (exact) mass is 438 g/mol. The lowest BCUT2D eigenvalue weighted by atomic mass is 9.95. The Labute approximate surface area is 178 Å². The Morgan fingerprint density at radius 1 is 1.17 bits per heavy atom. The summed E-state index contributed by atoms with van der Waals surface area (Å²) in [5.74, 6) is -1.14. The molecule has 3 rings (SSSR count). The average molecular weight is 439 g/mol. The molecule has 1 aliphatic rings. The summed E-state index contributed by atoms with van der Waals surface area (Å²) < 4.78 is 18.7. The molecule has 1 N–H and O–H groups in total. The standard InChI is InChI=1S/C21H21Cl2FN2O3/c1-29-21(28)17-11-16(4-5-18(17)23)25-20(27)13-6-8-26(9-7-13)12-14-2-3-15(22)10-19(14)24/h2-5,10-11,13H,6-9,12H2,1H3,(H,25,27). The number of nitrogens with one attached hydrogen (secondary N) is 1. The molecule has 1 aliphatic heterocycles. The van der Waals surface area contributed by atoms with E-state index in [0.29, 0.717) is 48.7 Å². The number of carbonyl (C=O) groups excluding carboxylic acids is 2. The van der Waals surface area contributed by atoms with Crippen LogP contribution >= 0.6 is 23.2 Å². The molecule has 0 atom stereocenters. The second-order valence-corrected chi connectivity index (χ2v) is 7.81. The molecule has 0 saturated carbocycles. The van der Waals surface area contributed by atoms with E-state index in [2.05, 4.69) is 10.2 Å². The fourth-order valence-corrected chi connectivity index (χ4v) is 3.71. The van der Waals surface area contributed by atoms with Crippen LogP contribution in [0.15, 0.2) is 36.4 Å². The number of benzene rings is 2. The molecule has 154 valence electrons. The highest BCUT2D eigenvalue weighted by molar-refractivity contribution is 6.33. The molecule has 2 aromatic rings. The number of rotatable bonds is 5. The zero-order valence-corrected chi connectivity index (χ0v) is 17.4. The first-order chi connectivity index (χ1) is 13.9. The van der Waals surface area contributed by atoms with E-state index in [-0.39, 0.29) is 28.2 Å². The van der Waals surface area contributed by atoms with Crippen LogP contribution in [0.4, 0.5) is 10.1 Å². The number of esters is 1. The predicted octanol–water partition coefficient (Wildman–Crippen LogP) is 4.77. The maximum absolute atomic E-state index is 14.0. The summed E-state index contributed by atoms with van der Waals surface area (Å²) in [6, 6.07) is 9.37. The van der Waals surface area contributed by atoms with Crippen LogP contribution in [0.25, 0.3) is 0 Å². The van der Waals surface area contributed by atoms with Gasteiger partial charge in [-0.05, 0) is 56.3 Å². The molecule has 2 aromatic carbocycles. The van der Waals surface area contributed by atoms with Crippen molar-refractivity contribution in [3.63, 3.8) is 0 Å². The highest BCUT2D eigenvalue weighted by Crippen LogP contribution is 2.25. The second kappa shape index (κ2) is 9.57. The first-order valence-corrected chi connectivity index (χ1v) is 9.98. The van der Waals surface area contributed by atoms with E-state index >= 15 is 0 Å². The van der Waals surface area contributed by atoms with Crippen LogP contribution in [0.5, 0.6) is 0 Å². The first kappa shape index (κ1) is 21.6. The Kier molecular flexibility index (Phi) is 7.11. The minimum atomic E-state index is -0.561. The molecular formula is C21H21Cl2FN2O3. The number of piperidine rings is 1. The van der Waals surface area contributed by atoms with Crippen molar-refractivity contribution >= 4 is 40.8 Å². The van der Waals surface area contributed by atoms with Crippen LogP contribution in [0, 0.1) is 11.7 Å². The summed E-state index contributed by atoms with van der Waals surface area (Å²) in [5.41, 5.74) is 1.28. The first-order valence-electron chi connectivity index (χ1n) is 9.22. The fourth-order valence-electron chi connectivity index (χ4n) is 3.36. The Balaban J connectivity index is 1.55.